The van der Waals surface area contributed by atoms with Crippen LogP contribution in [0.5, 0.6) is 5.75 Å². The molecule has 3 rings (SSSR count). The molecule has 128 valence electrons. The van der Waals surface area contributed by atoms with Gasteiger partial charge in [0, 0.05) is 16.0 Å². The van der Waals surface area contributed by atoms with Gasteiger partial charge in [0.1, 0.15) is 17.4 Å². The number of carboxylic acid groups (broad SMARTS) is 1. The van der Waals surface area contributed by atoms with Gasteiger partial charge in [0.05, 0.1) is 12.1 Å². The molecule has 2 aromatic carbocycles. The molecule has 0 saturated heterocycles. The fourth-order valence-corrected chi connectivity index (χ4v) is 3.54. The minimum Gasteiger partial charge on any atom is -0.488 e. The fourth-order valence-electron chi connectivity index (χ4n) is 2.49. The van der Waals surface area contributed by atoms with Crippen LogP contribution in [0.15, 0.2) is 47.8 Å². The predicted molar refractivity (Wildman–Crippen MR) is 99.4 cm³/mol. The lowest BCUT2D eigenvalue weighted by atomic mass is 10.1. The average Bonchev–Trinajstić information content (AvgIpc) is 3.02. The Balaban J connectivity index is 1.92. The highest BCUT2D eigenvalue weighted by atomic mass is 35.5. The van der Waals surface area contributed by atoms with Gasteiger partial charge in [0.2, 0.25) is 0 Å². The van der Waals surface area contributed by atoms with Gasteiger partial charge in [-0.15, -0.1) is 11.3 Å². The molecular formula is C19H16ClNO3S. The number of hydrogen-bond donors (Lipinski definition) is 1. The van der Waals surface area contributed by atoms with Crippen molar-refractivity contribution in [3.8, 4) is 17.0 Å². The number of carboxylic acids is 1. The number of halogens is 1. The summed E-state index contributed by atoms with van der Waals surface area (Å²) in [6, 6.07) is 13.5. The first-order chi connectivity index (χ1) is 12.0. The third-order valence-corrected chi connectivity index (χ3v) is 4.66. The molecule has 1 heterocycles. The third kappa shape index (κ3) is 4.38. The number of aromatic nitrogens is 1. The van der Waals surface area contributed by atoms with Crippen LogP contribution in [0.25, 0.3) is 11.3 Å². The van der Waals surface area contributed by atoms with Crippen molar-refractivity contribution in [1.82, 2.24) is 4.98 Å². The van der Waals surface area contributed by atoms with E-state index in [1.165, 1.54) is 11.3 Å². The lowest BCUT2D eigenvalue weighted by molar-refractivity contribution is -0.136. The maximum atomic E-state index is 10.9. The van der Waals surface area contributed by atoms with Crippen LogP contribution in [-0.2, 0) is 17.8 Å². The number of carbonyl (C=O) groups is 1. The zero-order valence-electron chi connectivity index (χ0n) is 13.5. The van der Waals surface area contributed by atoms with Crippen molar-refractivity contribution in [3.05, 3.63) is 69.0 Å². The number of thiazole rings is 1. The standard InChI is InChI=1S/C19H16ClNO3S/c1-12-7-14(20)8-15(16-11-25-17(21-16)9-18(22)23)19(12)24-10-13-5-3-2-4-6-13/h2-8,11H,9-10H2,1H3,(H,22,23). The summed E-state index contributed by atoms with van der Waals surface area (Å²) in [7, 11) is 0. The topological polar surface area (TPSA) is 59.4 Å². The van der Waals surface area contributed by atoms with Crippen molar-refractivity contribution >= 4 is 28.9 Å². The smallest absolute Gasteiger partial charge is 0.310 e. The monoisotopic (exact) mass is 373 g/mol. The van der Waals surface area contributed by atoms with E-state index in [0.29, 0.717) is 28.1 Å². The van der Waals surface area contributed by atoms with Crippen LogP contribution < -0.4 is 4.74 Å². The molecule has 0 atom stereocenters. The van der Waals surface area contributed by atoms with Crippen molar-refractivity contribution in [1.29, 1.82) is 0 Å². The predicted octanol–water partition coefficient (Wildman–Crippen LogP) is 4.98. The van der Waals surface area contributed by atoms with Gasteiger partial charge >= 0.3 is 5.97 Å². The van der Waals surface area contributed by atoms with Gasteiger partial charge in [0.25, 0.3) is 0 Å². The normalized spacial score (nSPS) is 10.6. The number of hydrogen-bond acceptors (Lipinski definition) is 4. The largest absolute Gasteiger partial charge is 0.488 e. The van der Waals surface area contributed by atoms with Gasteiger partial charge < -0.3 is 9.84 Å². The van der Waals surface area contributed by atoms with Crippen LogP contribution in [0, 0.1) is 6.92 Å². The molecule has 0 bridgehead atoms. The average molecular weight is 374 g/mol. The SMILES string of the molecule is Cc1cc(Cl)cc(-c2csc(CC(=O)O)n2)c1OCc1ccccc1. The summed E-state index contributed by atoms with van der Waals surface area (Å²) in [4.78, 5) is 15.3. The first-order valence-corrected chi connectivity index (χ1v) is 8.92. The summed E-state index contributed by atoms with van der Waals surface area (Å²) in [5.41, 5.74) is 3.42. The zero-order valence-corrected chi connectivity index (χ0v) is 15.1. The minimum atomic E-state index is -0.899. The molecule has 25 heavy (non-hydrogen) atoms. The molecule has 0 aliphatic rings. The Kier molecular flexibility index (Phi) is 5.36. The molecule has 0 amide bonds. The maximum Gasteiger partial charge on any atom is 0.310 e. The molecule has 0 fully saturated rings. The number of aliphatic carboxylic acids is 1. The van der Waals surface area contributed by atoms with Crippen molar-refractivity contribution in [3.63, 3.8) is 0 Å². The Labute approximate surface area is 154 Å². The van der Waals surface area contributed by atoms with E-state index in [1.54, 1.807) is 6.07 Å². The van der Waals surface area contributed by atoms with Crippen LogP contribution in [0.2, 0.25) is 5.02 Å². The van der Waals surface area contributed by atoms with E-state index in [9.17, 15) is 4.79 Å². The quantitative estimate of drug-likeness (QED) is 0.662. The second-order valence-corrected chi connectivity index (χ2v) is 6.95. The highest BCUT2D eigenvalue weighted by Crippen LogP contribution is 2.37. The van der Waals surface area contributed by atoms with Crippen LogP contribution >= 0.6 is 22.9 Å². The van der Waals surface area contributed by atoms with Crippen molar-refractivity contribution in [2.75, 3.05) is 0 Å². The van der Waals surface area contributed by atoms with E-state index in [2.05, 4.69) is 4.98 Å². The van der Waals surface area contributed by atoms with Gasteiger partial charge in [-0.1, -0.05) is 41.9 Å². The molecule has 0 aliphatic heterocycles. The lowest BCUT2D eigenvalue weighted by Gasteiger charge is -2.14. The second-order valence-electron chi connectivity index (χ2n) is 5.57. The van der Waals surface area contributed by atoms with E-state index < -0.39 is 5.97 Å². The molecule has 4 nitrogen and oxygen atoms in total. The molecule has 0 aliphatic carbocycles. The van der Waals surface area contributed by atoms with E-state index >= 15 is 0 Å². The number of aryl methyl sites for hydroxylation is 1. The first-order valence-electron chi connectivity index (χ1n) is 7.66. The first kappa shape index (κ1) is 17.5. The van der Waals surface area contributed by atoms with Gasteiger partial charge in [-0.3, -0.25) is 4.79 Å². The van der Waals surface area contributed by atoms with Crippen molar-refractivity contribution in [2.45, 2.75) is 20.0 Å². The van der Waals surface area contributed by atoms with E-state index in [1.807, 2.05) is 48.7 Å². The third-order valence-electron chi connectivity index (χ3n) is 3.60. The summed E-state index contributed by atoms with van der Waals surface area (Å²) in [6.07, 6.45) is -0.0928. The number of nitrogens with zero attached hydrogens (tertiary/aromatic N) is 1. The minimum absolute atomic E-state index is 0.0928. The lowest BCUT2D eigenvalue weighted by Crippen LogP contribution is -2.00. The molecule has 0 saturated carbocycles. The Morgan fingerprint density at radius 3 is 2.76 bits per heavy atom. The summed E-state index contributed by atoms with van der Waals surface area (Å²) in [5.74, 6) is -0.191. The summed E-state index contributed by atoms with van der Waals surface area (Å²) in [6.45, 7) is 2.36. The highest BCUT2D eigenvalue weighted by molar-refractivity contribution is 7.10. The van der Waals surface area contributed by atoms with Crippen molar-refractivity contribution < 1.29 is 14.6 Å². The molecule has 0 radical (unpaired) electrons. The molecule has 1 aromatic heterocycles. The number of ether oxygens (including phenoxy) is 1. The maximum absolute atomic E-state index is 10.9. The van der Waals surface area contributed by atoms with Gasteiger partial charge in [-0.05, 0) is 30.2 Å². The van der Waals surface area contributed by atoms with Gasteiger partial charge in [-0.2, -0.15) is 0 Å². The Hall–Kier alpha value is -2.37. The van der Waals surface area contributed by atoms with Crippen LogP contribution in [0.1, 0.15) is 16.1 Å². The van der Waals surface area contributed by atoms with E-state index in [4.69, 9.17) is 21.4 Å². The number of benzene rings is 2. The molecule has 1 N–H and O–H groups in total. The Morgan fingerprint density at radius 2 is 2.04 bits per heavy atom. The highest BCUT2D eigenvalue weighted by Gasteiger charge is 2.15. The molecule has 3 aromatic rings. The van der Waals surface area contributed by atoms with Crippen LogP contribution in [0.3, 0.4) is 0 Å². The zero-order chi connectivity index (χ0) is 17.8. The van der Waals surface area contributed by atoms with E-state index in [-0.39, 0.29) is 6.42 Å². The Morgan fingerprint density at radius 1 is 1.28 bits per heavy atom. The fraction of sp³-hybridized carbons (Fsp3) is 0.158. The second kappa shape index (κ2) is 7.68. The molecule has 0 unspecified atom stereocenters. The van der Waals surface area contributed by atoms with Gasteiger partial charge in [0.15, 0.2) is 0 Å². The Bertz CT molecular complexity index is 893. The van der Waals surface area contributed by atoms with Crippen molar-refractivity contribution in [2.24, 2.45) is 0 Å². The molecule has 6 heteroatoms. The molecular weight excluding hydrogens is 358 g/mol. The van der Waals surface area contributed by atoms with Gasteiger partial charge in [-0.25, -0.2) is 4.98 Å². The summed E-state index contributed by atoms with van der Waals surface area (Å²) >= 11 is 7.52. The number of rotatable bonds is 6. The summed E-state index contributed by atoms with van der Waals surface area (Å²) < 4.78 is 6.04. The summed E-state index contributed by atoms with van der Waals surface area (Å²) in [5, 5.41) is 11.9. The van der Waals surface area contributed by atoms with E-state index in [0.717, 1.165) is 16.7 Å². The van der Waals surface area contributed by atoms with Crippen LogP contribution in [-0.4, -0.2) is 16.1 Å². The molecule has 0 spiro atoms. The van der Waals surface area contributed by atoms with Crippen LogP contribution in [0.4, 0.5) is 0 Å².